The number of furan rings is 1. The Bertz CT molecular complexity index is 1580. The van der Waals surface area contributed by atoms with Crippen LogP contribution in [0.15, 0.2) is 83.5 Å². The number of nitrogens with zero attached hydrogens (tertiary/aromatic N) is 2. The molecule has 2 amide bonds. The van der Waals surface area contributed by atoms with Gasteiger partial charge in [-0.25, -0.2) is 9.59 Å². The van der Waals surface area contributed by atoms with Gasteiger partial charge in [-0.2, -0.15) is 0 Å². The molecule has 9 nitrogen and oxygen atoms in total. The smallest absolute Gasteiger partial charge is 0.327 e. The third kappa shape index (κ3) is 5.30. The highest BCUT2D eigenvalue weighted by Crippen LogP contribution is 2.51. The molecular formula is C32H31N3O6. The number of carboxylic acids is 1. The zero-order valence-electron chi connectivity index (χ0n) is 23.2. The molecular weight excluding hydrogens is 522 g/mol. The first-order valence-corrected chi connectivity index (χ1v) is 13.2. The van der Waals surface area contributed by atoms with Crippen LogP contribution < -0.4 is 10.1 Å². The summed E-state index contributed by atoms with van der Waals surface area (Å²) in [5, 5.41) is 13.5. The lowest BCUT2D eigenvalue weighted by Crippen LogP contribution is -2.45. The van der Waals surface area contributed by atoms with Crippen molar-refractivity contribution in [2.45, 2.75) is 38.8 Å². The minimum Gasteiger partial charge on any atom is -0.497 e. The Kier molecular flexibility index (Phi) is 7.61. The van der Waals surface area contributed by atoms with Gasteiger partial charge in [0, 0.05) is 24.0 Å². The van der Waals surface area contributed by atoms with Crippen LogP contribution in [0.5, 0.6) is 5.75 Å². The monoisotopic (exact) mass is 553 g/mol. The fourth-order valence-electron chi connectivity index (χ4n) is 5.84. The molecule has 1 aliphatic heterocycles. The van der Waals surface area contributed by atoms with E-state index in [0.717, 1.165) is 5.56 Å². The average Bonchev–Trinajstić information content (AvgIpc) is 3.50. The molecule has 1 aliphatic rings. The number of carbonyl (C=O) groups excluding carboxylic acids is 2. The van der Waals surface area contributed by atoms with E-state index in [1.54, 1.807) is 86.9 Å². The third-order valence-electron chi connectivity index (χ3n) is 7.56. The van der Waals surface area contributed by atoms with Crippen LogP contribution in [0, 0.1) is 26.7 Å². The number of carbonyl (C=O) groups is 3. The van der Waals surface area contributed by atoms with E-state index >= 15 is 0 Å². The van der Waals surface area contributed by atoms with Gasteiger partial charge in [0.1, 0.15) is 23.3 Å². The summed E-state index contributed by atoms with van der Waals surface area (Å²) in [5.74, 6) is -1.82. The summed E-state index contributed by atoms with van der Waals surface area (Å²) >= 11 is 0. The number of nitrogens with one attached hydrogen (secondary N) is 1. The van der Waals surface area contributed by atoms with E-state index in [-0.39, 0.29) is 5.78 Å². The van der Waals surface area contributed by atoms with E-state index in [9.17, 15) is 19.5 Å². The number of urea groups is 1. The van der Waals surface area contributed by atoms with Crippen molar-refractivity contribution in [3.8, 4) is 5.75 Å². The maximum absolute atomic E-state index is 14.5. The molecule has 0 bridgehead atoms. The quantitative estimate of drug-likeness (QED) is 0.272. The molecule has 2 aromatic carbocycles. The molecule has 0 radical (unpaired) electrons. The molecule has 0 saturated carbocycles. The van der Waals surface area contributed by atoms with E-state index in [4.69, 9.17) is 9.15 Å². The number of likely N-dealkylation sites (tertiary alicyclic amines) is 1. The fourth-order valence-corrected chi connectivity index (χ4v) is 5.84. The Labute approximate surface area is 237 Å². The van der Waals surface area contributed by atoms with Crippen molar-refractivity contribution in [3.63, 3.8) is 0 Å². The lowest BCUT2D eigenvalue weighted by molar-refractivity contribution is -0.142. The number of benzene rings is 2. The SMILES string of the molecule is COc1ccc(C2C(C(=O)c3cc(C)oc3C)C(c3cccnc3)N(C(=O)Nc3cccc(C)c3)C2C(=O)O)cc1. The molecule has 0 spiro atoms. The molecule has 0 aliphatic carbocycles. The van der Waals surface area contributed by atoms with E-state index in [0.29, 0.717) is 39.6 Å². The highest BCUT2D eigenvalue weighted by molar-refractivity contribution is 6.03. The van der Waals surface area contributed by atoms with Gasteiger partial charge in [-0.3, -0.25) is 9.78 Å². The van der Waals surface area contributed by atoms with Gasteiger partial charge in [0.15, 0.2) is 5.78 Å². The molecule has 9 heteroatoms. The summed E-state index contributed by atoms with van der Waals surface area (Å²) < 4.78 is 11.0. The van der Waals surface area contributed by atoms with Gasteiger partial charge < -0.3 is 24.5 Å². The zero-order chi connectivity index (χ0) is 29.3. The maximum atomic E-state index is 14.5. The molecule has 5 rings (SSSR count). The predicted molar refractivity (Wildman–Crippen MR) is 152 cm³/mol. The normalized spacial score (nSPS) is 20.0. The summed E-state index contributed by atoms with van der Waals surface area (Å²) in [4.78, 5) is 47.1. The first-order valence-electron chi connectivity index (χ1n) is 13.2. The number of aryl methyl sites for hydroxylation is 3. The summed E-state index contributed by atoms with van der Waals surface area (Å²) in [7, 11) is 1.54. The maximum Gasteiger partial charge on any atom is 0.327 e. The Hall–Kier alpha value is -4.92. The molecule has 4 aromatic rings. The number of amides is 2. The van der Waals surface area contributed by atoms with Gasteiger partial charge in [-0.05, 0) is 73.9 Å². The molecule has 3 heterocycles. The van der Waals surface area contributed by atoms with Crippen LogP contribution in [0.1, 0.15) is 50.5 Å². The third-order valence-corrected chi connectivity index (χ3v) is 7.56. The van der Waals surface area contributed by atoms with Crippen molar-refractivity contribution >= 4 is 23.5 Å². The highest BCUT2D eigenvalue weighted by Gasteiger charge is 2.58. The number of hydrogen-bond acceptors (Lipinski definition) is 6. The highest BCUT2D eigenvalue weighted by atomic mass is 16.5. The minimum atomic E-state index is -1.37. The summed E-state index contributed by atoms with van der Waals surface area (Å²) in [6.07, 6.45) is 3.16. The summed E-state index contributed by atoms with van der Waals surface area (Å²) in [6, 6.07) is 16.3. The lowest BCUT2D eigenvalue weighted by Gasteiger charge is -2.30. The second-order valence-corrected chi connectivity index (χ2v) is 10.2. The van der Waals surface area contributed by atoms with Crippen LogP contribution in [-0.2, 0) is 4.79 Å². The molecule has 1 fully saturated rings. The van der Waals surface area contributed by atoms with E-state index in [1.165, 1.54) is 12.0 Å². The van der Waals surface area contributed by atoms with E-state index in [1.807, 2.05) is 13.0 Å². The largest absolute Gasteiger partial charge is 0.497 e. The van der Waals surface area contributed by atoms with Crippen molar-refractivity contribution in [2.75, 3.05) is 12.4 Å². The number of ketones is 1. The minimum absolute atomic E-state index is 0.314. The van der Waals surface area contributed by atoms with Crippen LogP contribution in [0.4, 0.5) is 10.5 Å². The first-order chi connectivity index (χ1) is 19.7. The van der Waals surface area contributed by atoms with Crippen LogP contribution in [0.2, 0.25) is 0 Å². The molecule has 1 saturated heterocycles. The first kappa shape index (κ1) is 27.6. The molecule has 2 N–H and O–H groups in total. The van der Waals surface area contributed by atoms with E-state index in [2.05, 4.69) is 10.3 Å². The molecule has 41 heavy (non-hydrogen) atoms. The van der Waals surface area contributed by atoms with Crippen molar-refractivity contribution in [2.24, 2.45) is 5.92 Å². The Morgan fingerprint density at radius 2 is 1.73 bits per heavy atom. The number of aromatic nitrogens is 1. The van der Waals surface area contributed by atoms with Crippen molar-refractivity contribution in [3.05, 3.63) is 113 Å². The molecule has 4 unspecified atom stereocenters. The van der Waals surface area contributed by atoms with Crippen molar-refractivity contribution < 1.29 is 28.6 Å². The number of rotatable bonds is 7. The van der Waals surface area contributed by atoms with Crippen molar-refractivity contribution in [1.82, 2.24) is 9.88 Å². The number of anilines is 1. The second-order valence-electron chi connectivity index (χ2n) is 10.2. The van der Waals surface area contributed by atoms with Gasteiger partial charge in [0.25, 0.3) is 0 Å². The Morgan fingerprint density at radius 1 is 0.976 bits per heavy atom. The van der Waals surface area contributed by atoms with E-state index < -0.39 is 35.9 Å². The van der Waals surface area contributed by atoms with Gasteiger partial charge in [0.05, 0.1) is 24.6 Å². The number of methoxy groups -OCH3 is 1. The Balaban J connectivity index is 1.72. The zero-order valence-corrected chi connectivity index (χ0v) is 23.2. The van der Waals surface area contributed by atoms with Crippen LogP contribution >= 0.6 is 0 Å². The topological polar surface area (TPSA) is 122 Å². The van der Waals surface area contributed by atoms with Crippen LogP contribution in [0.3, 0.4) is 0 Å². The second kappa shape index (κ2) is 11.3. The number of pyridine rings is 1. The number of carboxylic acid groups (broad SMARTS) is 1. The van der Waals surface area contributed by atoms with Crippen molar-refractivity contribution in [1.29, 1.82) is 0 Å². The van der Waals surface area contributed by atoms with Crippen LogP contribution in [-0.4, -0.2) is 45.9 Å². The lowest BCUT2D eigenvalue weighted by atomic mass is 9.76. The average molecular weight is 554 g/mol. The predicted octanol–water partition coefficient (Wildman–Crippen LogP) is 5.93. The number of aliphatic carboxylic acids is 1. The number of ether oxygens (including phenoxy) is 1. The van der Waals surface area contributed by atoms with Crippen LogP contribution in [0.25, 0.3) is 0 Å². The summed E-state index contributed by atoms with van der Waals surface area (Å²) in [6.45, 7) is 5.35. The molecule has 210 valence electrons. The van der Waals surface area contributed by atoms with Gasteiger partial charge in [0.2, 0.25) is 0 Å². The standard InChI is InChI=1S/C32H31N3O6/c1-18-7-5-9-23(15-18)34-32(39)35-28(22-8-6-14-33-17-22)27(30(36)25-16-19(2)41-20(25)3)26(29(35)31(37)38)21-10-12-24(40-4)13-11-21/h5-17,26-29H,1-4H3,(H,34,39)(H,37,38). The van der Waals surface area contributed by atoms with Gasteiger partial charge in [-0.15, -0.1) is 0 Å². The van der Waals surface area contributed by atoms with Gasteiger partial charge in [-0.1, -0.05) is 30.3 Å². The molecule has 2 aromatic heterocycles. The van der Waals surface area contributed by atoms with Gasteiger partial charge >= 0.3 is 12.0 Å². The fraction of sp³-hybridized carbons (Fsp3) is 0.250. The number of Topliss-reactive ketones (excluding diaryl/α,β-unsaturated/α-hetero) is 1. The Morgan fingerprint density at radius 3 is 2.32 bits per heavy atom. The molecule has 4 atom stereocenters. The summed E-state index contributed by atoms with van der Waals surface area (Å²) in [5.41, 5.74) is 2.93. The number of hydrogen-bond donors (Lipinski definition) is 2.